The minimum Gasteiger partial charge on any atom is -0.504 e. The van der Waals surface area contributed by atoms with Crippen LogP contribution in [0.25, 0.3) is 0 Å². The molecule has 0 fully saturated rings. The van der Waals surface area contributed by atoms with E-state index in [0.717, 1.165) is 24.0 Å². The van der Waals surface area contributed by atoms with E-state index in [1.54, 1.807) is 12.1 Å². The fraction of sp³-hybridized carbons (Fsp3) is 0.500. The highest BCUT2D eigenvalue weighted by atomic mass is 16.5. The van der Waals surface area contributed by atoms with Crippen molar-refractivity contribution in [3.8, 4) is 11.5 Å². The molecule has 1 aromatic rings. The van der Waals surface area contributed by atoms with Crippen molar-refractivity contribution in [3.63, 3.8) is 0 Å². The zero-order chi connectivity index (χ0) is 15.7. The molecule has 22 heavy (non-hydrogen) atoms. The summed E-state index contributed by atoms with van der Waals surface area (Å²) in [4.78, 5) is 12.4. The zero-order valence-electron chi connectivity index (χ0n) is 12.8. The van der Waals surface area contributed by atoms with Crippen LogP contribution in [0.5, 0.6) is 11.5 Å². The first-order chi connectivity index (χ1) is 10.5. The van der Waals surface area contributed by atoms with E-state index in [0.29, 0.717) is 12.2 Å². The molecule has 2 aliphatic carbocycles. The van der Waals surface area contributed by atoms with E-state index in [4.69, 9.17) is 4.74 Å². The van der Waals surface area contributed by atoms with Crippen LogP contribution in [-0.4, -0.2) is 27.7 Å². The lowest BCUT2D eigenvalue weighted by Gasteiger charge is -2.54. The predicted molar refractivity (Wildman–Crippen MR) is 81.1 cm³/mol. The van der Waals surface area contributed by atoms with Crippen molar-refractivity contribution in [2.24, 2.45) is 5.92 Å². The smallest absolute Gasteiger partial charge is 0.196 e. The monoisotopic (exact) mass is 300 g/mol. The number of benzene rings is 1. The number of ether oxygens (including phenoxy) is 1. The van der Waals surface area contributed by atoms with Crippen molar-refractivity contribution in [3.05, 3.63) is 35.4 Å². The molecule has 0 radical (unpaired) electrons. The summed E-state index contributed by atoms with van der Waals surface area (Å²) < 4.78 is 5.89. The molecule has 0 unspecified atom stereocenters. The molecule has 0 saturated heterocycles. The van der Waals surface area contributed by atoms with Crippen molar-refractivity contribution in [1.29, 1.82) is 0 Å². The maximum absolute atomic E-state index is 12.4. The van der Waals surface area contributed by atoms with Gasteiger partial charge in [-0.05, 0) is 49.0 Å². The Labute approximate surface area is 129 Å². The van der Waals surface area contributed by atoms with Gasteiger partial charge in [0, 0.05) is 5.56 Å². The molecular formula is C18H20O4. The number of carbonyl (C=O) groups is 1. The Hall–Kier alpha value is -1.81. The van der Waals surface area contributed by atoms with Crippen molar-refractivity contribution in [1.82, 2.24) is 0 Å². The number of hydrogen-bond acceptors (Lipinski definition) is 4. The van der Waals surface area contributed by atoms with Crippen LogP contribution in [0.15, 0.2) is 24.3 Å². The van der Waals surface area contributed by atoms with Crippen molar-refractivity contribution in [2.75, 3.05) is 0 Å². The molecule has 1 aliphatic heterocycles. The quantitative estimate of drug-likeness (QED) is 0.879. The van der Waals surface area contributed by atoms with Crippen molar-refractivity contribution >= 4 is 5.78 Å². The van der Waals surface area contributed by atoms with Crippen LogP contribution in [0.3, 0.4) is 0 Å². The number of rotatable bonds is 2. The number of aliphatic hydroxyl groups is 1. The Morgan fingerprint density at radius 2 is 2.14 bits per heavy atom. The molecule has 4 heteroatoms. The summed E-state index contributed by atoms with van der Waals surface area (Å²) in [7, 11) is 0. The lowest BCUT2D eigenvalue weighted by Crippen LogP contribution is -2.66. The Bertz CT molecular complexity index is 707. The fourth-order valence-corrected chi connectivity index (χ4v) is 4.92. The third-order valence-corrected chi connectivity index (χ3v) is 5.97. The van der Waals surface area contributed by atoms with Gasteiger partial charge in [0.2, 0.25) is 0 Å². The highest BCUT2D eigenvalue weighted by molar-refractivity contribution is 5.98. The van der Waals surface area contributed by atoms with E-state index in [1.807, 2.05) is 13.0 Å². The normalized spacial score (nSPS) is 37.9. The summed E-state index contributed by atoms with van der Waals surface area (Å²) in [6.07, 6.45) is 4.52. The van der Waals surface area contributed by atoms with Crippen LogP contribution >= 0.6 is 0 Å². The first-order valence-electron chi connectivity index (χ1n) is 7.97. The lowest BCUT2D eigenvalue weighted by atomic mass is 9.51. The number of carbonyl (C=O) groups excluding carboxylic acids is 1. The van der Waals surface area contributed by atoms with E-state index < -0.39 is 17.1 Å². The summed E-state index contributed by atoms with van der Waals surface area (Å²) in [6, 6.07) is 3.53. The second-order valence-electron chi connectivity index (χ2n) is 6.64. The molecule has 3 aliphatic rings. The standard InChI is InChI=1S/C18H20O4/c1-3-11-9-10-5-6-12(19)15-14(10)17(4-2)16(22-15)13(20)7-8-18(11,17)21/h5-8,11,16,19,21H,3-4,9H2,1-2H3/t11-,16+,17+,18-/m1/s1. The van der Waals surface area contributed by atoms with Gasteiger partial charge >= 0.3 is 0 Å². The van der Waals surface area contributed by atoms with Crippen LogP contribution in [0.4, 0.5) is 0 Å². The molecule has 0 spiro atoms. The Morgan fingerprint density at radius 1 is 1.36 bits per heavy atom. The van der Waals surface area contributed by atoms with E-state index in [9.17, 15) is 15.0 Å². The van der Waals surface area contributed by atoms with Gasteiger partial charge in [-0.25, -0.2) is 0 Å². The first kappa shape index (κ1) is 13.8. The van der Waals surface area contributed by atoms with Gasteiger partial charge in [-0.15, -0.1) is 0 Å². The molecule has 4 nitrogen and oxygen atoms in total. The Kier molecular flexibility index (Phi) is 2.60. The minimum absolute atomic E-state index is 0.0332. The summed E-state index contributed by atoms with van der Waals surface area (Å²) in [5.74, 6) is 0.330. The van der Waals surface area contributed by atoms with Gasteiger partial charge in [0.1, 0.15) is 5.60 Å². The van der Waals surface area contributed by atoms with E-state index >= 15 is 0 Å². The second kappa shape index (κ2) is 4.13. The van der Waals surface area contributed by atoms with Crippen molar-refractivity contribution in [2.45, 2.75) is 50.2 Å². The van der Waals surface area contributed by atoms with Gasteiger partial charge in [-0.2, -0.15) is 0 Å². The third-order valence-electron chi connectivity index (χ3n) is 5.97. The summed E-state index contributed by atoms with van der Waals surface area (Å²) in [5.41, 5.74) is 0.0177. The van der Waals surface area contributed by atoms with E-state index in [2.05, 4.69) is 6.92 Å². The van der Waals surface area contributed by atoms with E-state index in [1.165, 1.54) is 6.08 Å². The average molecular weight is 300 g/mol. The predicted octanol–water partition coefficient (Wildman–Crippen LogP) is 2.25. The summed E-state index contributed by atoms with van der Waals surface area (Å²) >= 11 is 0. The zero-order valence-corrected chi connectivity index (χ0v) is 12.8. The van der Waals surface area contributed by atoms with Crippen LogP contribution < -0.4 is 4.74 Å². The second-order valence-corrected chi connectivity index (χ2v) is 6.64. The summed E-state index contributed by atoms with van der Waals surface area (Å²) in [6.45, 7) is 4.04. The van der Waals surface area contributed by atoms with Crippen LogP contribution in [0, 0.1) is 5.92 Å². The van der Waals surface area contributed by atoms with Crippen molar-refractivity contribution < 1.29 is 19.7 Å². The maximum Gasteiger partial charge on any atom is 0.196 e. The van der Waals surface area contributed by atoms with Crippen LogP contribution in [-0.2, 0) is 16.6 Å². The number of phenolic OH excluding ortho intramolecular Hbond substituents is 1. The molecule has 2 N–H and O–H groups in total. The molecule has 0 bridgehead atoms. The molecule has 4 atom stereocenters. The molecule has 0 aromatic heterocycles. The highest BCUT2D eigenvalue weighted by Crippen LogP contribution is 2.62. The maximum atomic E-state index is 12.4. The van der Waals surface area contributed by atoms with E-state index in [-0.39, 0.29) is 17.5 Å². The SMILES string of the molecule is CC[C@@H]1Cc2ccc(O)c3c2[C@@]2(CC)[C@@H](O3)C(=O)C=C[C@@]12O. The van der Waals surface area contributed by atoms with Gasteiger partial charge in [-0.3, -0.25) is 4.79 Å². The molecule has 1 aromatic carbocycles. The highest BCUT2D eigenvalue weighted by Gasteiger charge is 2.68. The first-order valence-corrected chi connectivity index (χ1v) is 7.97. The fourth-order valence-electron chi connectivity index (χ4n) is 4.92. The average Bonchev–Trinajstić information content (AvgIpc) is 2.89. The lowest BCUT2D eigenvalue weighted by molar-refractivity contribution is -0.138. The van der Waals surface area contributed by atoms with Crippen LogP contribution in [0.2, 0.25) is 0 Å². The van der Waals surface area contributed by atoms with Gasteiger partial charge in [-0.1, -0.05) is 19.9 Å². The molecule has 0 amide bonds. The molecule has 116 valence electrons. The Morgan fingerprint density at radius 3 is 2.82 bits per heavy atom. The molecular weight excluding hydrogens is 280 g/mol. The Balaban J connectivity index is 2.11. The van der Waals surface area contributed by atoms with Gasteiger partial charge in [0.05, 0.1) is 5.41 Å². The third kappa shape index (κ3) is 1.26. The number of hydrogen-bond donors (Lipinski definition) is 2. The van der Waals surface area contributed by atoms with Gasteiger partial charge in [0.15, 0.2) is 23.4 Å². The van der Waals surface area contributed by atoms with Gasteiger partial charge < -0.3 is 14.9 Å². The number of phenols is 1. The summed E-state index contributed by atoms with van der Waals surface area (Å²) in [5, 5.41) is 21.7. The van der Waals surface area contributed by atoms with Gasteiger partial charge in [0.25, 0.3) is 0 Å². The van der Waals surface area contributed by atoms with Crippen LogP contribution in [0.1, 0.15) is 37.8 Å². The number of ketones is 1. The molecule has 1 heterocycles. The number of aromatic hydroxyl groups is 1. The topological polar surface area (TPSA) is 66.8 Å². The minimum atomic E-state index is -1.11. The largest absolute Gasteiger partial charge is 0.504 e. The molecule has 0 saturated carbocycles. The molecule has 4 rings (SSSR count).